The summed E-state index contributed by atoms with van der Waals surface area (Å²) in [6, 6.07) is 28.8. The predicted molar refractivity (Wildman–Crippen MR) is 129 cm³/mol. The average molecular weight is 456 g/mol. The Labute approximate surface area is 197 Å². The Bertz CT molecular complexity index is 1210. The van der Waals surface area contributed by atoms with Crippen molar-refractivity contribution < 1.29 is 29.3 Å². The van der Waals surface area contributed by atoms with Crippen molar-refractivity contribution in [3.05, 3.63) is 119 Å². The Hall–Kier alpha value is -4.58. The van der Waals surface area contributed by atoms with E-state index in [-0.39, 0.29) is 17.1 Å². The molecule has 0 bridgehead atoms. The molecule has 0 heterocycles. The fourth-order valence-electron chi connectivity index (χ4n) is 2.93. The lowest BCUT2D eigenvalue weighted by atomic mass is 10.2. The van der Waals surface area contributed by atoms with E-state index in [1.165, 1.54) is 12.1 Å². The third-order valence-electron chi connectivity index (χ3n) is 4.74. The highest BCUT2D eigenvalue weighted by Crippen LogP contribution is 2.25. The molecule has 0 aliphatic heterocycles. The standard InChI is InChI=1S/C21H18O3.C7H6O3/c22-14-19-11-12-20(23-15-17-7-3-1-4-8-17)13-21(19)24-16-18-9-5-2-6-10-18;8-4-5-1-2-6(9)3-7(5)10/h1-14H,15-16H2;1-4,9-10H. The van der Waals surface area contributed by atoms with Crippen molar-refractivity contribution >= 4 is 12.6 Å². The van der Waals surface area contributed by atoms with Crippen LogP contribution in [0.1, 0.15) is 31.8 Å². The van der Waals surface area contributed by atoms with E-state index in [0.717, 1.165) is 23.5 Å². The first-order valence-corrected chi connectivity index (χ1v) is 10.5. The van der Waals surface area contributed by atoms with E-state index in [1.807, 2.05) is 60.7 Å². The highest BCUT2D eigenvalue weighted by molar-refractivity contribution is 5.80. The second kappa shape index (κ2) is 12.5. The maximum Gasteiger partial charge on any atom is 0.153 e. The minimum Gasteiger partial charge on any atom is -0.508 e. The van der Waals surface area contributed by atoms with Gasteiger partial charge < -0.3 is 19.7 Å². The number of aromatic hydroxyl groups is 2. The molecule has 0 amide bonds. The van der Waals surface area contributed by atoms with Crippen LogP contribution in [0.4, 0.5) is 0 Å². The average Bonchev–Trinajstić information content (AvgIpc) is 2.88. The molecule has 4 aromatic carbocycles. The molecule has 6 nitrogen and oxygen atoms in total. The van der Waals surface area contributed by atoms with Gasteiger partial charge in [0.15, 0.2) is 12.6 Å². The molecule has 0 unspecified atom stereocenters. The zero-order valence-corrected chi connectivity index (χ0v) is 18.3. The van der Waals surface area contributed by atoms with Crippen LogP contribution in [0.15, 0.2) is 97.1 Å². The molecule has 172 valence electrons. The van der Waals surface area contributed by atoms with Gasteiger partial charge in [-0.3, -0.25) is 9.59 Å². The second-order valence-corrected chi connectivity index (χ2v) is 7.23. The van der Waals surface area contributed by atoms with Crippen molar-refractivity contribution in [2.75, 3.05) is 0 Å². The van der Waals surface area contributed by atoms with Gasteiger partial charge in [0.1, 0.15) is 36.2 Å². The van der Waals surface area contributed by atoms with Crippen molar-refractivity contribution in [1.29, 1.82) is 0 Å². The number of hydrogen-bond donors (Lipinski definition) is 2. The molecule has 0 saturated carbocycles. The van der Waals surface area contributed by atoms with Crippen LogP contribution in [0.25, 0.3) is 0 Å². The lowest BCUT2D eigenvalue weighted by Crippen LogP contribution is -2.00. The minimum absolute atomic E-state index is 0.0527. The summed E-state index contributed by atoms with van der Waals surface area (Å²) in [5.74, 6) is 0.949. The molecule has 0 aliphatic carbocycles. The molecule has 4 aromatic rings. The van der Waals surface area contributed by atoms with Gasteiger partial charge in [0.05, 0.1) is 11.1 Å². The summed E-state index contributed by atoms with van der Waals surface area (Å²) in [5.41, 5.74) is 2.82. The van der Waals surface area contributed by atoms with Crippen LogP contribution in [0.5, 0.6) is 23.0 Å². The van der Waals surface area contributed by atoms with Crippen LogP contribution < -0.4 is 9.47 Å². The van der Waals surface area contributed by atoms with E-state index in [1.54, 1.807) is 18.2 Å². The molecule has 0 aliphatic rings. The van der Waals surface area contributed by atoms with E-state index in [0.29, 0.717) is 36.6 Å². The molecule has 0 spiro atoms. The number of phenols is 2. The first kappa shape index (κ1) is 24.1. The molecule has 0 fully saturated rings. The molecule has 0 aromatic heterocycles. The lowest BCUT2D eigenvalue weighted by Gasteiger charge is -2.12. The van der Waals surface area contributed by atoms with Crippen LogP contribution in [0.3, 0.4) is 0 Å². The molecular formula is C28H24O6. The van der Waals surface area contributed by atoms with Gasteiger partial charge in [-0.1, -0.05) is 60.7 Å². The Balaban J connectivity index is 0.000000271. The van der Waals surface area contributed by atoms with Crippen molar-refractivity contribution in [2.24, 2.45) is 0 Å². The van der Waals surface area contributed by atoms with Crippen LogP contribution in [0, 0.1) is 0 Å². The van der Waals surface area contributed by atoms with E-state index in [4.69, 9.17) is 19.7 Å². The molecule has 0 atom stereocenters. The molecule has 0 saturated heterocycles. The molecule has 34 heavy (non-hydrogen) atoms. The largest absolute Gasteiger partial charge is 0.508 e. The SMILES string of the molecule is O=Cc1ccc(O)cc1O.O=Cc1ccc(OCc2ccccc2)cc1OCc1ccccc1. The summed E-state index contributed by atoms with van der Waals surface area (Å²) in [4.78, 5) is 21.3. The number of rotatable bonds is 8. The highest BCUT2D eigenvalue weighted by Gasteiger charge is 2.07. The maximum absolute atomic E-state index is 11.2. The maximum atomic E-state index is 11.2. The van der Waals surface area contributed by atoms with E-state index >= 15 is 0 Å². The summed E-state index contributed by atoms with van der Waals surface area (Å²) < 4.78 is 11.6. The van der Waals surface area contributed by atoms with Gasteiger partial charge in [-0.2, -0.15) is 0 Å². The molecule has 2 N–H and O–H groups in total. The summed E-state index contributed by atoms with van der Waals surface area (Å²) >= 11 is 0. The molecular weight excluding hydrogens is 432 g/mol. The van der Waals surface area contributed by atoms with Crippen LogP contribution in [0.2, 0.25) is 0 Å². The fourth-order valence-corrected chi connectivity index (χ4v) is 2.93. The summed E-state index contributed by atoms with van der Waals surface area (Å²) in [6.07, 6.45) is 1.32. The lowest BCUT2D eigenvalue weighted by molar-refractivity contribution is 0.111. The Morgan fingerprint density at radius 1 is 0.618 bits per heavy atom. The number of phenolic OH excluding ortho intramolecular Hbond substituents is 2. The number of hydrogen-bond acceptors (Lipinski definition) is 6. The summed E-state index contributed by atoms with van der Waals surface area (Å²) in [7, 11) is 0. The van der Waals surface area contributed by atoms with Gasteiger partial charge in [-0.25, -0.2) is 0 Å². The topological polar surface area (TPSA) is 93.1 Å². The summed E-state index contributed by atoms with van der Waals surface area (Å²) in [6.45, 7) is 0.878. The first-order valence-electron chi connectivity index (χ1n) is 10.5. The smallest absolute Gasteiger partial charge is 0.153 e. The van der Waals surface area contributed by atoms with E-state index in [9.17, 15) is 9.59 Å². The van der Waals surface area contributed by atoms with Crippen molar-refractivity contribution in [1.82, 2.24) is 0 Å². The number of benzene rings is 4. The predicted octanol–water partition coefficient (Wildman–Crippen LogP) is 5.57. The van der Waals surface area contributed by atoms with E-state index in [2.05, 4.69) is 0 Å². The van der Waals surface area contributed by atoms with E-state index < -0.39 is 0 Å². The number of aldehydes is 2. The highest BCUT2D eigenvalue weighted by atomic mass is 16.5. The second-order valence-electron chi connectivity index (χ2n) is 7.23. The van der Waals surface area contributed by atoms with Crippen LogP contribution in [-0.2, 0) is 13.2 Å². The number of carbonyl (C=O) groups excluding carboxylic acids is 2. The molecule has 4 rings (SSSR count). The summed E-state index contributed by atoms with van der Waals surface area (Å²) in [5, 5.41) is 17.7. The Morgan fingerprint density at radius 3 is 1.74 bits per heavy atom. The minimum atomic E-state index is -0.199. The third-order valence-corrected chi connectivity index (χ3v) is 4.74. The Kier molecular flexibility index (Phi) is 8.82. The third kappa shape index (κ3) is 7.24. The molecule has 0 radical (unpaired) electrons. The van der Waals surface area contributed by atoms with Crippen molar-refractivity contribution in [3.63, 3.8) is 0 Å². The van der Waals surface area contributed by atoms with Gasteiger partial charge in [0.2, 0.25) is 0 Å². The zero-order valence-electron chi connectivity index (χ0n) is 18.3. The number of carbonyl (C=O) groups is 2. The van der Waals surface area contributed by atoms with Gasteiger partial charge >= 0.3 is 0 Å². The monoisotopic (exact) mass is 456 g/mol. The fraction of sp³-hybridized carbons (Fsp3) is 0.0714. The van der Waals surface area contributed by atoms with Gasteiger partial charge in [-0.15, -0.1) is 0 Å². The van der Waals surface area contributed by atoms with Crippen LogP contribution in [-0.4, -0.2) is 22.8 Å². The number of ether oxygens (including phenoxy) is 2. The quantitative estimate of drug-likeness (QED) is 0.337. The first-order chi connectivity index (χ1) is 16.6. The molecule has 6 heteroatoms. The van der Waals surface area contributed by atoms with Crippen LogP contribution >= 0.6 is 0 Å². The van der Waals surface area contributed by atoms with Gasteiger partial charge in [0, 0.05) is 12.1 Å². The van der Waals surface area contributed by atoms with Gasteiger partial charge in [-0.05, 0) is 35.4 Å². The van der Waals surface area contributed by atoms with Crippen molar-refractivity contribution in [3.8, 4) is 23.0 Å². The van der Waals surface area contributed by atoms with Crippen molar-refractivity contribution in [2.45, 2.75) is 13.2 Å². The van der Waals surface area contributed by atoms with Gasteiger partial charge in [0.25, 0.3) is 0 Å². The zero-order chi connectivity index (χ0) is 24.2. The Morgan fingerprint density at radius 2 is 1.18 bits per heavy atom. The normalized spacial score (nSPS) is 9.88.